The monoisotopic (exact) mass is 430 g/mol. The van der Waals surface area contributed by atoms with Gasteiger partial charge in [0.05, 0.1) is 4.90 Å². The number of aliphatic imine (C=N–C) groups is 1. The van der Waals surface area contributed by atoms with Crippen LogP contribution in [0.5, 0.6) is 11.5 Å². The summed E-state index contributed by atoms with van der Waals surface area (Å²) in [5.74, 6) is -0.0822. The van der Waals surface area contributed by atoms with Crippen molar-refractivity contribution in [2.24, 2.45) is 4.99 Å². The number of amidine groups is 1. The zero-order valence-electron chi connectivity index (χ0n) is 16.0. The molecule has 1 atom stereocenters. The number of nitrogens with zero attached hydrogens (tertiary/aromatic N) is 1. The van der Waals surface area contributed by atoms with Crippen molar-refractivity contribution in [3.8, 4) is 11.5 Å². The van der Waals surface area contributed by atoms with Crippen LogP contribution >= 0.6 is 0 Å². The Labute approximate surface area is 172 Å². The number of nitrogens with one attached hydrogen (secondary N) is 1. The fourth-order valence-electron chi connectivity index (χ4n) is 3.03. The molecule has 1 N–H and O–H groups in total. The molecule has 0 bridgehead atoms. The van der Waals surface area contributed by atoms with Gasteiger partial charge in [-0.05, 0) is 37.3 Å². The number of hydrogen-bond acceptors (Lipinski definition) is 8. The Balaban J connectivity index is 1.41. The molecule has 0 radical (unpaired) electrons. The predicted octanol–water partition coefficient (Wildman–Crippen LogP) is 1.31. The van der Waals surface area contributed by atoms with Gasteiger partial charge in [-0.3, -0.25) is 14.5 Å². The standard InChI is InChI=1S/C20H18N2O7S/c1-12(21-19-14-4-2-3-5-18(14)30(25,26)22-19)20(24)29-11-15(23)13-6-7-16-17(10-13)28-9-8-27-16/h2-7,10,12H,8-9,11H2,1H3,(H,21,22)/t12-/m0/s1. The molecule has 2 heterocycles. The molecule has 0 unspecified atom stereocenters. The average molecular weight is 430 g/mol. The van der Waals surface area contributed by atoms with Gasteiger partial charge < -0.3 is 14.2 Å². The highest BCUT2D eigenvalue weighted by molar-refractivity contribution is 7.90. The van der Waals surface area contributed by atoms with Gasteiger partial charge in [-0.15, -0.1) is 0 Å². The van der Waals surface area contributed by atoms with Crippen LogP contribution in [0.3, 0.4) is 0 Å². The van der Waals surface area contributed by atoms with E-state index in [1.54, 1.807) is 36.4 Å². The molecule has 2 aromatic carbocycles. The van der Waals surface area contributed by atoms with Gasteiger partial charge in [0.15, 0.2) is 23.9 Å². The van der Waals surface area contributed by atoms with E-state index < -0.39 is 34.4 Å². The van der Waals surface area contributed by atoms with Crippen LogP contribution in [-0.4, -0.2) is 51.9 Å². The number of rotatable bonds is 5. The molecule has 10 heteroatoms. The van der Waals surface area contributed by atoms with Crippen molar-refractivity contribution in [3.63, 3.8) is 0 Å². The minimum atomic E-state index is -3.70. The summed E-state index contributed by atoms with van der Waals surface area (Å²) in [7, 11) is -3.70. The highest BCUT2D eigenvalue weighted by Crippen LogP contribution is 2.30. The van der Waals surface area contributed by atoms with E-state index >= 15 is 0 Å². The zero-order chi connectivity index (χ0) is 21.3. The first-order valence-electron chi connectivity index (χ1n) is 9.14. The van der Waals surface area contributed by atoms with Crippen LogP contribution in [0.15, 0.2) is 52.4 Å². The van der Waals surface area contributed by atoms with E-state index in [1.165, 1.54) is 13.0 Å². The van der Waals surface area contributed by atoms with Gasteiger partial charge >= 0.3 is 5.97 Å². The van der Waals surface area contributed by atoms with Crippen molar-refractivity contribution < 1.29 is 32.2 Å². The van der Waals surface area contributed by atoms with Crippen LogP contribution < -0.4 is 14.2 Å². The summed E-state index contributed by atoms with van der Waals surface area (Å²) in [4.78, 5) is 28.8. The van der Waals surface area contributed by atoms with Gasteiger partial charge in [-0.2, -0.15) is 0 Å². The molecule has 9 nitrogen and oxygen atoms in total. The van der Waals surface area contributed by atoms with E-state index in [-0.39, 0.29) is 10.7 Å². The first-order chi connectivity index (χ1) is 14.3. The number of ketones is 1. The number of carbonyl (C=O) groups excluding carboxylic acids is 2. The summed E-state index contributed by atoms with van der Waals surface area (Å²) in [5, 5.41) is 0. The Morgan fingerprint density at radius 1 is 1.13 bits per heavy atom. The molecule has 0 spiro atoms. The Hall–Kier alpha value is -3.40. The Morgan fingerprint density at radius 3 is 2.67 bits per heavy atom. The highest BCUT2D eigenvalue weighted by atomic mass is 32.2. The van der Waals surface area contributed by atoms with Gasteiger partial charge in [0.25, 0.3) is 10.0 Å². The van der Waals surface area contributed by atoms with Crippen molar-refractivity contribution in [2.45, 2.75) is 17.9 Å². The van der Waals surface area contributed by atoms with Crippen molar-refractivity contribution in [1.82, 2.24) is 4.72 Å². The molecule has 0 amide bonds. The molecule has 156 valence electrons. The first-order valence-corrected chi connectivity index (χ1v) is 10.6. The van der Waals surface area contributed by atoms with Gasteiger partial charge in [0.1, 0.15) is 25.1 Å². The van der Waals surface area contributed by atoms with E-state index in [0.717, 1.165) is 0 Å². The molecule has 2 aliphatic heterocycles. The molecule has 2 aromatic rings. The molecule has 0 saturated carbocycles. The van der Waals surface area contributed by atoms with Gasteiger partial charge in [-0.1, -0.05) is 12.1 Å². The maximum Gasteiger partial charge on any atom is 0.331 e. The van der Waals surface area contributed by atoms with Crippen LogP contribution in [0.2, 0.25) is 0 Å². The summed E-state index contributed by atoms with van der Waals surface area (Å²) in [6.07, 6.45) is 0. The summed E-state index contributed by atoms with van der Waals surface area (Å²) < 4.78 is 42.5. The summed E-state index contributed by atoms with van der Waals surface area (Å²) in [6.45, 7) is 1.82. The highest BCUT2D eigenvalue weighted by Gasteiger charge is 2.31. The third kappa shape index (κ3) is 3.86. The summed E-state index contributed by atoms with van der Waals surface area (Å²) in [6, 6.07) is 10.0. The minimum absolute atomic E-state index is 0.0632. The Kier molecular flexibility index (Phi) is 5.17. The number of benzene rings is 2. The van der Waals surface area contributed by atoms with Crippen LogP contribution in [-0.2, 0) is 19.6 Å². The number of Topliss-reactive ketones (excluding diaryl/α,β-unsaturated/α-hetero) is 1. The summed E-state index contributed by atoms with van der Waals surface area (Å²) >= 11 is 0. The van der Waals surface area contributed by atoms with E-state index in [1.807, 2.05) is 0 Å². The Morgan fingerprint density at radius 2 is 1.87 bits per heavy atom. The third-order valence-corrected chi connectivity index (χ3v) is 5.93. The molecule has 4 rings (SSSR count). The predicted molar refractivity (Wildman–Crippen MR) is 105 cm³/mol. The molecule has 0 aliphatic carbocycles. The number of hydrogen-bond donors (Lipinski definition) is 1. The lowest BCUT2D eigenvalue weighted by Gasteiger charge is -2.18. The lowest BCUT2D eigenvalue weighted by Crippen LogP contribution is -2.27. The fourth-order valence-corrected chi connectivity index (χ4v) is 4.27. The summed E-state index contributed by atoms with van der Waals surface area (Å²) in [5.41, 5.74) is 0.702. The smallest absolute Gasteiger partial charge is 0.331 e. The van der Waals surface area contributed by atoms with Crippen LogP contribution in [0, 0.1) is 0 Å². The average Bonchev–Trinajstić information content (AvgIpc) is 3.01. The van der Waals surface area contributed by atoms with Gasteiger partial charge in [0, 0.05) is 11.1 Å². The topological polar surface area (TPSA) is 120 Å². The maximum absolute atomic E-state index is 12.3. The fraction of sp³-hybridized carbons (Fsp3) is 0.250. The van der Waals surface area contributed by atoms with Crippen molar-refractivity contribution in [3.05, 3.63) is 53.6 Å². The first kappa shape index (κ1) is 19.9. The lowest BCUT2D eigenvalue weighted by molar-refractivity contribution is -0.143. The minimum Gasteiger partial charge on any atom is -0.486 e. The van der Waals surface area contributed by atoms with Crippen LogP contribution in [0.25, 0.3) is 0 Å². The molecule has 0 fully saturated rings. The maximum atomic E-state index is 12.3. The molecule has 30 heavy (non-hydrogen) atoms. The molecular formula is C20H18N2O7S. The molecule has 0 aromatic heterocycles. The van der Waals surface area contributed by atoms with Crippen molar-refractivity contribution in [1.29, 1.82) is 0 Å². The number of carbonyl (C=O) groups is 2. The zero-order valence-corrected chi connectivity index (χ0v) is 16.8. The van der Waals surface area contributed by atoms with Gasteiger partial charge in [-0.25, -0.2) is 13.2 Å². The van der Waals surface area contributed by atoms with Crippen LogP contribution in [0.4, 0.5) is 0 Å². The number of esters is 1. The molecule has 0 saturated heterocycles. The second-order valence-corrected chi connectivity index (χ2v) is 8.30. The number of fused-ring (bicyclic) bond motifs is 2. The molecule has 2 aliphatic rings. The van der Waals surface area contributed by atoms with E-state index in [2.05, 4.69) is 9.71 Å². The van der Waals surface area contributed by atoms with Crippen molar-refractivity contribution >= 4 is 27.6 Å². The molecular weight excluding hydrogens is 412 g/mol. The van der Waals surface area contributed by atoms with E-state index in [9.17, 15) is 18.0 Å². The quantitative estimate of drug-likeness (QED) is 0.561. The van der Waals surface area contributed by atoms with E-state index in [0.29, 0.717) is 35.8 Å². The normalized spacial score (nSPS) is 18.2. The Bertz CT molecular complexity index is 1160. The van der Waals surface area contributed by atoms with Crippen LogP contribution in [0.1, 0.15) is 22.8 Å². The largest absolute Gasteiger partial charge is 0.486 e. The van der Waals surface area contributed by atoms with E-state index in [4.69, 9.17) is 14.2 Å². The lowest BCUT2D eigenvalue weighted by atomic mass is 10.1. The second kappa shape index (κ2) is 7.79. The number of ether oxygens (including phenoxy) is 3. The SMILES string of the molecule is C[C@H](N=C1NS(=O)(=O)c2ccccc21)C(=O)OCC(=O)c1ccc2c(c1)OCCO2. The second-order valence-electron chi connectivity index (χ2n) is 6.64. The number of sulfonamides is 1. The van der Waals surface area contributed by atoms with Crippen molar-refractivity contribution in [2.75, 3.05) is 19.8 Å². The van der Waals surface area contributed by atoms with Gasteiger partial charge in [0.2, 0.25) is 0 Å². The third-order valence-electron chi connectivity index (χ3n) is 4.54.